The Bertz CT molecular complexity index is 691. The van der Waals surface area contributed by atoms with Crippen LogP contribution in [0.2, 0.25) is 5.02 Å². The van der Waals surface area contributed by atoms with E-state index in [1.807, 2.05) is 25.2 Å². The molecular weight excluding hydrogens is 331 g/mol. The fourth-order valence-electron chi connectivity index (χ4n) is 3.20. The molecule has 0 fully saturated rings. The minimum absolute atomic E-state index is 0. The Morgan fingerprint density at radius 3 is 2.52 bits per heavy atom. The van der Waals surface area contributed by atoms with Crippen LogP contribution in [0, 0.1) is 0 Å². The van der Waals surface area contributed by atoms with Crippen LogP contribution in [0.25, 0.3) is 0 Å². The van der Waals surface area contributed by atoms with Gasteiger partial charge in [-0.05, 0) is 24.2 Å². The first-order valence-corrected chi connectivity index (χ1v) is 7.76. The lowest BCUT2D eigenvalue weighted by molar-refractivity contribution is -0.121. The summed E-state index contributed by atoms with van der Waals surface area (Å²) in [6, 6.07) is 16.4. The number of nitrogens with one attached hydrogen (secondary N) is 1. The summed E-state index contributed by atoms with van der Waals surface area (Å²) in [6.07, 6.45) is -0.179. The molecule has 0 spiro atoms. The van der Waals surface area contributed by atoms with E-state index in [-0.39, 0.29) is 30.4 Å². The average molecular weight is 351 g/mol. The minimum atomic E-state index is -0.179. The van der Waals surface area contributed by atoms with Crippen LogP contribution in [0.15, 0.2) is 48.5 Å². The number of hydrogen-bond donors (Lipinski definition) is 1. The maximum absolute atomic E-state index is 11.5. The molecule has 23 heavy (non-hydrogen) atoms. The molecule has 0 saturated carbocycles. The van der Waals surface area contributed by atoms with Crippen molar-refractivity contribution in [2.75, 3.05) is 13.6 Å². The lowest BCUT2D eigenvalue weighted by Crippen LogP contribution is -2.44. The molecule has 0 aliphatic carbocycles. The highest BCUT2D eigenvalue weighted by Gasteiger charge is 2.33. The highest BCUT2D eigenvalue weighted by molar-refractivity contribution is 6.31. The molecule has 3 rings (SSSR count). The van der Waals surface area contributed by atoms with Crippen LogP contribution in [-0.4, -0.2) is 24.4 Å². The summed E-state index contributed by atoms with van der Waals surface area (Å²) in [6.45, 7) is 2.37. The van der Waals surface area contributed by atoms with Gasteiger partial charge in [0.05, 0.1) is 0 Å². The van der Waals surface area contributed by atoms with Gasteiger partial charge in [-0.25, -0.2) is 0 Å². The third-order valence-corrected chi connectivity index (χ3v) is 4.52. The molecule has 3 nitrogen and oxygen atoms in total. The topological polar surface area (TPSA) is 32.3 Å². The quantitative estimate of drug-likeness (QED) is 0.888. The number of carbonyl (C=O) groups excluding carboxylic acids is 1. The van der Waals surface area contributed by atoms with E-state index in [2.05, 4.69) is 40.5 Å². The third-order valence-electron chi connectivity index (χ3n) is 4.19. The van der Waals surface area contributed by atoms with Crippen molar-refractivity contribution in [2.45, 2.75) is 19.0 Å². The van der Waals surface area contributed by atoms with Crippen LogP contribution >= 0.6 is 24.0 Å². The maximum atomic E-state index is 11.5. The molecule has 1 N–H and O–H groups in total. The molecule has 2 aromatic rings. The van der Waals surface area contributed by atoms with Gasteiger partial charge in [0.25, 0.3) is 0 Å². The zero-order valence-electron chi connectivity index (χ0n) is 13.1. The number of amides is 1. The predicted octanol–water partition coefficient (Wildman–Crippen LogP) is 3.97. The van der Waals surface area contributed by atoms with Crippen molar-refractivity contribution in [3.63, 3.8) is 0 Å². The number of nitrogens with zero attached hydrogens (tertiary/aromatic N) is 1. The molecule has 2 aromatic carbocycles. The van der Waals surface area contributed by atoms with Gasteiger partial charge < -0.3 is 5.32 Å². The molecule has 1 aliphatic rings. The van der Waals surface area contributed by atoms with E-state index in [0.717, 1.165) is 12.1 Å². The van der Waals surface area contributed by atoms with E-state index in [4.69, 9.17) is 11.6 Å². The highest BCUT2D eigenvalue weighted by atomic mass is 35.5. The summed E-state index contributed by atoms with van der Waals surface area (Å²) in [7, 11) is 2.02. The number of benzene rings is 2. The monoisotopic (exact) mass is 350 g/mol. The molecule has 1 amide bonds. The SMILES string of the molecule is CC(=O)NC1c2c(Cl)cccc2C(c2ccccc2)CN1C.Cl. The van der Waals surface area contributed by atoms with Crippen LogP contribution in [0.1, 0.15) is 35.7 Å². The fourth-order valence-corrected chi connectivity index (χ4v) is 3.49. The summed E-state index contributed by atoms with van der Waals surface area (Å²) >= 11 is 6.46. The summed E-state index contributed by atoms with van der Waals surface area (Å²) in [5, 5.41) is 3.70. The van der Waals surface area contributed by atoms with Crippen molar-refractivity contribution in [1.82, 2.24) is 10.2 Å². The molecular formula is C18H20Cl2N2O. The van der Waals surface area contributed by atoms with Crippen molar-refractivity contribution in [1.29, 1.82) is 0 Å². The first kappa shape index (κ1) is 17.8. The van der Waals surface area contributed by atoms with Gasteiger partial charge in [-0.15, -0.1) is 12.4 Å². The molecule has 0 aromatic heterocycles. The molecule has 2 unspecified atom stereocenters. The van der Waals surface area contributed by atoms with E-state index in [9.17, 15) is 4.79 Å². The molecule has 1 heterocycles. The number of hydrogen-bond acceptors (Lipinski definition) is 2. The number of carbonyl (C=O) groups is 1. The van der Waals surface area contributed by atoms with Gasteiger partial charge in [-0.2, -0.15) is 0 Å². The number of likely N-dealkylation sites (N-methyl/N-ethyl adjacent to an activating group) is 1. The standard InChI is InChI=1S/C18H19ClN2O.ClH/c1-12(22)20-18-17-14(9-6-10-16(17)19)15(11-21(18)2)13-7-4-3-5-8-13;/h3-10,15,18H,11H2,1-2H3,(H,20,22);1H. The van der Waals surface area contributed by atoms with Gasteiger partial charge in [0.15, 0.2) is 0 Å². The Morgan fingerprint density at radius 1 is 1.17 bits per heavy atom. The van der Waals surface area contributed by atoms with E-state index in [0.29, 0.717) is 5.02 Å². The van der Waals surface area contributed by atoms with Crippen LogP contribution in [-0.2, 0) is 4.79 Å². The van der Waals surface area contributed by atoms with Crippen molar-refractivity contribution in [2.24, 2.45) is 0 Å². The van der Waals surface area contributed by atoms with Gasteiger partial charge in [0.2, 0.25) is 5.91 Å². The van der Waals surface area contributed by atoms with Crippen molar-refractivity contribution in [3.05, 3.63) is 70.2 Å². The summed E-state index contributed by atoms with van der Waals surface area (Å²) in [4.78, 5) is 13.7. The largest absolute Gasteiger partial charge is 0.337 e. The van der Waals surface area contributed by atoms with Crippen molar-refractivity contribution < 1.29 is 4.79 Å². The number of fused-ring (bicyclic) bond motifs is 1. The fraction of sp³-hybridized carbons (Fsp3) is 0.278. The molecule has 5 heteroatoms. The third kappa shape index (κ3) is 3.52. The number of rotatable bonds is 2. The number of halogens is 2. The average Bonchev–Trinajstić information content (AvgIpc) is 2.50. The Morgan fingerprint density at radius 2 is 1.87 bits per heavy atom. The Kier molecular flexibility index (Phi) is 5.69. The van der Waals surface area contributed by atoms with Crippen molar-refractivity contribution >= 4 is 29.9 Å². The molecule has 1 aliphatic heterocycles. The summed E-state index contributed by atoms with van der Waals surface area (Å²) < 4.78 is 0. The Hall–Kier alpha value is -1.55. The normalized spacial score (nSPS) is 20.3. The zero-order chi connectivity index (χ0) is 15.7. The summed E-state index contributed by atoms with van der Waals surface area (Å²) in [5.74, 6) is 0.200. The highest BCUT2D eigenvalue weighted by Crippen LogP contribution is 2.40. The second kappa shape index (κ2) is 7.35. The molecule has 2 atom stereocenters. The van der Waals surface area contributed by atoms with E-state index >= 15 is 0 Å². The lowest BCUT2D eigenvalue weighted by atomic mass is 9.83. The van der Waals surface area contributed by atoms with E-state index in [1.54, 1.807) is 0 Å². The van der Waals surface area contributed by atoms with Gasteiger partial charge in [-0.1, -0.05) is 54.1 Å². The second-order valence-corrected chi connectivity index (χ2v) is 6.16. The summed E-state index contributed by atoms with van der Waals surface area (Å²) in [5.41, 5.74) is 3.46. The molecule has 122 valence electrons. The lowest BCUT2D eigenvalue weighted by Gasteiger charge is -2.40. The first-order valence-electron chi connectivity index (χ1n) is 7.38. The zero-order valence-corrected chi connectivity index (χ0v) is 14.7. The Labute approximate surface area is 148 Å². The van der Waals surface area contributed by atoms with E-state index in [1.165, 1.54) is 18.1 Å². The molecule has 0 saturated heterocycles. The molecule has 0 bridgehead atoms. The Balaban J connectivity index is 0.00000192. The van der Waals surface area contributed by atoms with E-state index < -0.39 is 0 Å². The maximum Gasteiger partial charge on any atom is 0.218 e. The van der Waals surface area contributed by atoms with Gasteiger partial charge in [0, 0.05) is 30.0 Å². The van der Waals surface area contributed by atoms with Crippen LogP contribution in [0.5, 0.6) is 0 Å². The van der Waals surface area contributed by atoms with Crippen LogP contribution in [0.4, 0.5) is 0 Å². The molecule has 0 radical (unpaired) electrons. The van der Waals surface area contributed by atoms with Gasteiger partial charge in [0.1, 0.15) is 6.17 Å². The van der Waals surface area contributed by atoms with Crippen LogP contribution in [0.3, 0.4) is 0 Å². The minimum Gasteiger partial charge on any atom is -0.337 e. The van der Waals surface area contributed by atoms with Crippen molar-refractivity contribution in [3.8, 4) is 0 Å². The van der Waals surface area contributed by atoms with Gasteiger partial charge >= 0.3 is 0 Å². The predicted molar refractivity (Wildman–Crippen MR) is 96.2 cm³/mol. The second-order valence-electron chi connectivity index (χ2n) is 5.75. The van der Waals surface area contributed by atoms with Gasteiger partial charge in [-0.3, -0.25) is 9.69 Å². The smallest absolute Gasteiger partial charge is 0.218 e. The first-order chi connectivity index (χ1) is 10.6. The van der Waals surface area contributed by atoms with Crippen LogP contribution < -0.4 is 5.32 Å².